The molecule has 0 saturated carbocycles. The van der Waals surface area contributed by atoms with Crippen LogP contribution in [0.5, 0.6) is 11.5 Å². The zero-order chi connectivity index (χ0) is 20.5. The van der Waals surface area contributed by atoms with Gasteiger partial charge in [0.2, 0.25) is 0 Å². The largest absolute Gasteiger partial charge is 0.493 e. The Labute approximate surface area is 173 Å². The molecule has 0 aliphatic carbocycles. The zero-order valence-electron chi connectivity index (χ0n) is 16.3. The Hall–Kier alpha value is -2.54. The lowest BCUT2D eigenvalue weighted by Gasteiger charge is -2.14. The van der Waals surface area contributed by atoms with E-state index < -0.39 is 0 Å². The molecule has 0 saturated heterocycles. The van der Waals surface area contributed by atoms with Gasteiger partial charge in [-0.3, -0.25) is 9.59 Å². The van der Waals surface area contributed by atoms with Crippen LogP contribution in [0, 0.1) is 0 Å². The van der Waals surface area contributed by atoms with Gasteiger partial charge in [-0.15, -0.1) is 0 Å². The molecule has 2 aromatic carbocycles. The number of halogens is 1. The maximum atomic E-state index is 12.7. The molecule has 7 heteroatoms. The van der Waals surface area contributed by atoms with Crippen molar-refractivity contribution < 1.29 is 19.1 Å². The highest BCUT2D eigenvalue weighted by Crippen LogP contribution is 2.37. The van der Waals surface area contributed by atoms with Crippen LogP contribution < -0.4 is 20.1 Å². The van der Waals surface area contributed by atoms with Crippen molar-refractivity contribution in [1.82, 2.24) is 5.32 Å². The molecule has 150 valence electrons. The van der Waals surface area contributed by atoms with Crippen LogP contribution in [0.15, 0.2) is 40.9 Å². The number of rotatable bonds is 9. The maximum Gasteiger partial charge on any atom is 0.255 e. The number of ether oxygens (including phenoxy) is 2. The average molecular weight is 449 g/mol. The number of benzene rings is 2. The molecule has 6 nitrogen and oxygen atoms in total. The topological polar surface area (TPSA) is 76.7 Å². The minimum absolute atomic E-state index is 0.167. The predicted molar refractivity (Wildman–Crippen MR) is 113 cm³/mol. The number of anilines is 1. The zero-order valence-corrected chi connectivity index (χ0v) is 17.9. The molecular weight excluding hydrogens is 424 g/mol. The van der Waals surface area contributed by atoms with Crippen LogP contribution in [-0.4, -0.2) is 32.1 Å². The summed E-state index contributed by atoms with van der Waals surface area (Å²) in [5, 5.41) is 5.63. The van der Waals surface area contributed by atoms with Crippen LogP contribution in [-0.2, 0) is 0 Å². The normalized spacial score (nSPS) is 10.3. The third-order valence-electron chi connectivity index (χ3n) is 3.86. The predicted octanol–water partition coefficient (Wildman–Crippen LogP) is 4.64. The summed E-state index contributed by atoms with van der Waals surface area (Å²) in [4.78, 5) is 24.8. The molecule has 2 rings (SSSR count). The molecule has 0 fully saturated rings. The lowest BCUT2D eigenvalue weighted by Crippen LogP contribution is -2.24. The first kappa shape index (κ1) is 21.8. The summed E-state index contributed by atoms with van der Waals surface area (Å²) in [6.07, 6.45) is 1.72. The first-order valence-corrected chi connectivity index (χ1v) is 9.99. The second-order valence-corrected chi connectivity index (χ2v) is 6.98. The fourth-order valence-electron chi connectivity index (χ4n) is 2.48. The first-order chi connectivity index (χ1) is 13.5. The Morgan fingerprint density at radius 3 is 2.50 bits per heavy atom. The molecular formula is C21H25BrN2O4. The molecule has 0 spiro atoms. The number of carbonyl (C=O) groups is 2. The van der Waals surface area contributed by atoms with Crippen molar-refractivity contribution in [2.45, 2.75) is 26.7 Å². The van der Waals surface area contributed by atoms with E-state index in [1.165, 1.54) is 7.11 Å². The highest BCUT2D eigenvalue weighted by atomic mass is 79.9. The second-order valence-electron chi connectivity index (χ2n) is 6.13. The molecule has 0 aliphatic heterocycles. The van der Waals surface area contributed by atoms with Crippen molar-refractivity contribution in [3.8, 4) is 11.5 Å². The maximum absolute atomic E-state index is 12.7. The van der Waals surface area contributed by atoms with E-state index in [2.05, 4.69) is 26.6 Å². The fraction of sp³-hybridized carbons (Fsp3) is 0.333. The van der Waals surface area contributed by atoms with Crippen molar-refractivity contribution in [2.24, 2.45) is 0 Å². The van der Waals surface area contributed by atoms with E-state index in [1.807, 2.05) is 13.8 Å². The van der Waals surface area contributed by atoms with Crippen LogP contribution in [0.25, 0.3) is 0 Å². The Morgan fingerprint density at radius 2 is 1.82 bits per heavy atom. The minimum Gasteiger partial charge on any atom is -0.493 e. The molecule has 0 bridgehead atoms. The summed E-state index contributed by atoms with van der Waals surface area (Å²) in [7, 11) is 1.53. The fourth-order valence-corrected chi connectivity index (χ4v) is 3.03. The van der Waals surface area contributed by atoms with Crippen LogP contribution in [0.1, 0.15) is 47.4 Å². The van der Waals surface area contributed by atoms with E-state index in [9.17, 15) is 9.59 Å². The van der Waals surface area contributed by atoms with Gasteiger partial charge in [0.05, 0.1) is 18.2 Å². The SMILES string of the molecule is CCCNC(=O)c1cccc(NC(=O)c2cc(Br)c(OCCC)c(OC)c2)c1. The van der Waals surface area contributed by atoms with Gasteiger partial charge in [0.25, 0.3) is 11.8 Å². The van der Waals surface area contributed by atoms with Gasteiger partial charge in [-0.2, -0.15) is 0 Å². The van der Waals surface area contributed by atoms with Gasteiger partial charge in [-0.25, -0.2) is 0 Å². The summed E-state index contributed by atoms with van der Waals surface area (Å²) in [5.74, 6) is 0.558. The summed E-state index contributed by atoms with van der Waals surface area (Å²) < 4.78 is 11.7. The average Bonchev–Trinajstić information content (AvgIpc) is 2.70. The quantitative estimate of drug-likeness (QED) is 0.585. The van der Waals surface area contributed by atoms with Crippen molar-refractivity contribution in [1.29, 1.82) is 0 Å². The first-order valence-electron chi connectivity index (χ1n) is 9.20. The number of methoxy groups -OCH3 is 1. The van der Waals surface area contributed by atoms with Crippen molar-refractivity contribution in [2.75, 3.05) is 25.6 Å². The third-order valence-corrected chi connectivity index (χ3v) is 4.45. The third kappa shape index (κ3) is 5.73. The second kappa shape index (κ2) is 10.7. The molecule has 0 radical (unpaired) electrons. The van der Waals surface area contributed by atoms with Crippen LogP contribution in [0.3, 0.4) is 0 Å². The molecule has 0 heterocycles. The van der Waals surface area contributed by atoms with E-state index in [-0.39, 0.29) is 11.8 Å². The molecule has 2 N–H and O–H groups in total. The van der Waals surface area contributed by atoms with Crippen molar-refractivity contribution in [3.63, 3.8) is 0 Å². The van der Waals surface area contributed by atoms with Crippen LogP contribution >= 0.6 is 15.9 Å². The van der Waals surface area contributed by atoms with E-state index >= 15 is 0 Å². The molecule has 0 atom stereocenters. The lowest BCUT2D eigenvalue weighted by molar-refractivity contribution is 0.0952. The number of nitrogens with one attached hydrogen (secondary N) is 2. The molecule has 2 amide bonds. The summed E-state index contributed by atoms with van der Waals surface area (Å²) in [5.41, 5.74) is 1.44. The van der Waals surface area contributed by atoms with Gasteiger partial charge in [0.15, 0.2) is 11.5 Å². The van der Waals surface area contributed by atoms with E-state index in [0.717, 1.165) is 12.8 Å². The highest BCUT2D eigenvalue weighted by Gasteiger charge is 2.16. The number of hydrogen-bond acceptors (Lipinski definition) is 4. The minimum atomic E-state index is -0.313. The summed E-state index contributed by atoms with van der Waals surface area (Å²) in [6, 6.07) is 10.1. The van der Waals surface area contributed by atoms with E-state index in [4.69, 9.17) is 9.47 Å². The standard InChI is InChI=1S/C21H25BrN2O4/c1-4-9-23-20(25)14-7-6-8-16(11-14)24-21(26)15-12-17(22)19(28-10-5-2)18(13-15)27-3/h6-8,11-13H,4-5,9-10H2,1-3H3,(H,23,25)(H,24,26). The van der Waals surface area contributed by atoms with Crippen LogP contribution in [0.4, 0.5) is 5.69 Å². The Kier molecular flexibility index (Phi) is 8.32. The van der Waals surface area contributed by atoms with E-state index in [1.54, 1.807) is 36.4 Å². The Bertz CT molecular complexity index is 839. The summed E-state index contributed by atoms with van der Waals surface area (Å²) in [6.45, 7) is 5.16. The van der Waals surface area contributed by atoms with Crippen molar-refractivity contribution in [3.05, 3.63) is 52.0 Å². The van der Waals surface area contributed by atoms with Gasteiger partial charge < -0.3 is 20.1 Å². The molecule has 28 heavy (non-hydrogen) atoms. The number of amides is 2. The summed E-state index contributed by atoms with van der Waals surface area (Å²) >= 11 is 3.44. The molecule has 0 unspecified atom stereocenters. The highest BCUT2D eigenvalue weighted by molar-refractivity contribution is 9.10. The Balaban J connectivity index is 2.19. The molecule has 2 aromatic rings. The molecule has 0 aromatic heterocycles. The number of carbonyl (C=O) groups excluding carboxylic acids is 2. The van der Waals surface area contributed by atoms with Crippen molar-refractivity contribution >= 4 is 33.4 Å². The van der Waals surface area contributed by atoms with Gasteiger partial charge in [0.1, 0.15) is 0 Å². The molecule has 0 aliphatic rings. The van der Waals surface area contributed by atoms with Gasteiger partial charge in [-0.05, 0) is 59.1 Å². The number of hydrogen-bond donors (Lipinski definition) is 2. The van der Waals surface area contributed by atoms with Gasteiger partial charge in [0, 0.05) is 23.4 Å². The smallest absolute Gasteiger partial charge is 0.255 e. The van der Waals surface area contributed by atoms with E-state index in [0.29, 0.717) is 45.9 Å². The lowest BCUT2D eigenvalue weighted by atomic mass is 10.1. The van der Waals surface area contributed by atoms with Crippen LogP contribution in [0.2, 0.25) is 0 Å². The Morgan fingerprint density at radius 1 is 1.04 bits per heavy atom. The monoisotopic (exact) mass is 448 g/mol. The van der Waals surface area contributed by atoms with Gasteiger partial charge >= 0.3 is 0 Å². The van der Waals surface area contributed by atoms with Gasteiger partial charge in [-0.1, -0.05) is 19.9 Å².